The molecule has 92 valence electrons. The Morgan fingerprint density at radius 3 is 2.38 bits per heavy atom. The zero-order chi connectivity index (χ0) is 12.4. The van der Waals surface area contributed by atoms with Gasteiger partial charge in [-0.05, 0) is 12.5 Å². The minimum Gasteiger partial charge on any atom is -0.770 e. The van der Waals surface area contributed by atoms with Gasteiger partial charge in [-0.1, -0.05) is 55.6 Å². The molecular formula is C11H18O3PS-. The first-order valence-electron chi connectivity index (χ1n) is 5.28. The molecule has 16 heavy (non-hydrogen) atoms. The second-order valence-electron chi connectivity index (χ2n) is 2.62. The third-order valence-electron chi connectivity index (χ3n) is 1.52. The van der Waals surface area contributed by atoms with Gasteiger partial charge in [0.25, 0.3) is 0 Å². The van der Waals surface area contributed by atoms with Gasteiger partial charge in [-0.15, -0.1) is 0 Å². The van der Waals surface area contributed by atoms with Crippen LogP contribution in [0.4, 0.5) is 0 Å². The summed E-state index contributed by atoms with van der Waals surface area (Å²) >= 11 is 0.834. The molecule has 5 heteroatoms. The Balaban J connectivity index is 0.00000106. The molecule has 0 saturated heterocycles. The maximum Gasteiger partial charge on any atom is 0.192 e. The first-order valence-corrected chi connectivity index (χ1v) is 8.41. The van der Waals surface area contributed by atoms with Crippen molar-refractivity contribution in [1.29, 1.82) is 0 Å². The number of hydrogen-bond donors (Lipinski definition) is 0. The van der Waals surface area contributed by atoms with Crippen molar-refractivity contribution in [2.75, 3.05) is 6.61 Å². The molecule has 0 heterocycles. The summed E-state index contributed by atoms with van der Waals surface area (Å²) in [6.45, 7) is 2.17. The summed E-state index contributed by atoms with van der Waals surface area (Å²) in [6.07, 6.45) is 0. The largest absolute Gasteiger partial charge is 0.770 e. The summed E-state index contributed by atoms with van der Waals surface area (Å²) in [7, 11) is 0. The maximum atomic E-state index is 11.2. The van der Waals surface area contributed by atoms with Crippen LogP contribution in [0, 0.1) is 0 Å². The Hall–Kier alpha value is -0.280. The molecule has 1 rings (SSSR count). The molecule has 0 aliphatic rings. The van der Waals surface area contributed by atoms with Gasteiger partial charge in [-0.2, -0.15) is 0 Å². The van der Waals surface area contributed by atoms with E-state index in [1.165, 1.54) is 0 Å². The standard InChI is InChI=1S/C9H13O3PS.C2H6/c1-2-12-13(10,11)14-8-9-6-4-3-5-7-9;1-2/h3-7H,2,8H2,1H3,(H,10,11);1-2H3/p-1. The minimum atomic E-state index is -3.69. The van der Waals surface area contributed by atoms with E-state index in [1.807, 2.05) is 44.2 Å². The van der Waals surface area contributed by atoms with Gasteiger partial charge in [-0.25, -0.2) is 0 Å². The van der Waals surface area contributed by atoms with E-state index in [1.54, 1.807) is 6.92 Å². The van der Waals surface area contributed by atoms with Crippen molar-refractivity contribution >= 4 is 18.2 Å². The molecular weight excluding hydrogens is 243 g/mol. The summed E-state index contributed by atoms with van der Waals surface area (Å²) in [5.41, 5.74) is 0.980. The second-order valence-corrected chi connectivity index (χ2v) is 6.44. The SMILES string of the molecule is CC.CCOP(=O)([O-])SCc1ccccc1. The van der Waals surface area contributed by atoms with Crippen molar-refractivity contribution in [3.8, 4) is 0 Å². The van der Waals surface area contributed by atoms with Crippen molar-refractivity contribution in [2.24, 2.45) is 0 Å². The van der Waals surface area contributed by atoms with E-state index in [0.717, 1.165) is 16.9 Å². The first-order chi connectivity index (χ1) is 7.64. The number of benzene rings is 1. The Kier molecular flexibility index (Phi) is 8.67. The number of hydrogen-bond acceptors (Lipinski definition) is 4. The van der Waals surface area contributed by atoms with Gasteiger partial charge in [0.15, 0.2) is 6.80 Å². The first kappa shape index (κ1) is 15.7. The van der Waals surface area contributed by atoms with E-state index in [9.17, 15) is 9.46 Å². The Labute approximate surface area is 102 Å². The van der Waals surface area contributed by atoms with Gasteiger partial charge < -0.3 is 9.42 Å². The number of rotatable bonds is 5. The van der Waals surface area contributed by atoms with Gasteiger partial charge in [0, 0.05) is 5.75 Å². The van der Waals surface area contributed by atoms with E-state index in [4.69, 9.17) is 0 Å². The average Bonchev–Trinajstić information content (AvgIpc) is 2.31. The third kappa shape index (κ3) is 7.07. The fourth-order valence-corrected chi connectivity index (χ4v) is 3.27. The lowest BCUT2D eigenvalue weighted by Crippen LogP contribution is -2.01. The average molecular weight is 261 g/mol. The predicted octanol–water partition coefficient (Wildman–Crippen LogP) is 3.45. The zero-order valence-corrected chi connectivity index (χ0v) is 11.6. The summed E-state index contributed by atoms with van der Waals surface area (Å²) in [5, 5.41) is 0. The van der Waals surface area contributed by atoms with Crippen molar-refractivity contribution in [3.05, 3.63) is 35.9 Å². The van der Waals surface area contributed by atoms with Crippen LogP contribution in [0.3, 0.4) is 0 Å². The maximum absolute atomic E-state index is 11.2. The van der Waals surface area contributed by atoms with Gasteiger partial charge in [-0.3, -0.25) is 4.57 Å². The van der Waals surface area contributed by atoms with Crippen LogP contribution in [-0.2, 0) is 14.8 Å². The molecule has 0 spiro atoms. The quantitative estimate of drug-likeness (QED) is 0.762. The molecule has 1 unspecified atom stereocenters. The van der Waals surface area contributed by atoms with Crippen LogP contribution in [0.15, 0.2) is 30.3 Å². The molecule has 0 N–H and O–H groups in total. The summed E-state index contributed by atoms with van der Waals surface area (Å²) < 4.78 is 15.8. The summed E-state index contributed by atoms with van der Waals surface area (Å²) in [4.78, 5) is 11.2. The Bertz CT molecular complexity index is 316. The lowest BCUT2D eigenvalue weighted by molar-refractivity contribution is -0.189. The van der Waals surface area contributed by atoms with E-state index in [0.29, 0.717) is 5.75 Å². The minimum absolute atomic E-state index is 0.197. The lowest BCUT2D eigenvalue weighted by Gasteiger charge is -2.21. The molecule has 0 amide bonds. The molecule has 1 aromatic rings. The van der Waals surface area contributed by atoms with Gasteiger partial charge in [0.2, 0.25) is 0 Å². The lowest BCUT2D eigenvalue weighted by atomic mass is 10.2. The molecule has 0 aliphatic heterocycles. The van der Waals surface area contributed by atoms with Gasteiger partial charge >= 0.3 is 0 Å². The Morgan fingerprint density at radius 1 is 1.31 bits per heavy atom. The Morgan fingerprint density at radius 2 is 1.88 bits per heavy atom. The van der Waals surface area contributed by atoms with Crippen LogP contribution in [0.25, 0.3) is 0 Å². The molecule has 0 aliphatic carbocycles. The molecule has 1 atom stereocenters. The van der Waals surface area contributed by atoms with Crippen molar-refractivity contribution < 1.29 is 14.0 Å². The molecule has 1 aromatic carbocycles. The monoisotopic (exact) mass is 261 g/mol. The second kappa shape index (κ2) is 8.82. The van der Waals surface area contributed by atoms with E-state index in [-0.39, 0.29) is 6.61 Å². The molecule has 0 radical (unpaired) electrons. The van der Waals surface area contributed by atoms with Crippen molar-refractivity contribution in [1.82, 2.24) is 0 Å². The smallest absolute Gasteiger partial charge is 0.192 e. The zero-order valence-electron chi connectivity index (χ0n) is 9.88. The highest BCUT2D eigenvalue weighted by molar-refractivity contribution is 8.53. The van der Waals surface area contributed by atoms with Crippen LogP contribution < -0.4 is 4.89 Å². The molecule has 0 saturated carbocycles. The van der Waals surface area contributed by atoms with Crippen LogP contribution >= 0.6 is 18.2 Å². The van der Waals surface area contributed by atoms with E-state index in [2.05, 4.69) is 4.52 Å². The topological polar surface area (TPSA) is 49.4 Å². The fourth-order valence-electron chi connectivity index (χ4n) is 0.923. The van der Waals surface area contributed by atoms with Crippen LogP contribution in [0.2, 0.25) is 0 Å². The fraction of sp³-hybridized carbons (Fsp3) is 0.455. The van der Waals surface area contributed by atoms with Crippen LogP contribution in [0.5, 0.6) is 0 Å². The molecule has 3 nitrogen and oxygen atoms in total. The van der Waals surface area contributed by atoms with E-state index < -0.39 is 6.80 Å². The summed E-state index contributed by atoms with van der Waals surface area (Å²) in [5.74, 6) is 0.432. The van der Waals surface area contributed by atoms with Crippen molar-refractivity contribution in [2.45, 2.75) is 26.5 Å². The highest BCUT2D eigenvalue weighted by Crippen LogP contribution is 2.52. The highest BCUT2D eigenvalue weighted by Gasteiger charge is 2.07. The predicted molar refractivity (Wildman–Crippen MR) is 68.3 cm³/mol. The molecule has 0 fully saturated rings. The summed E-state index contributed by atoms with van der Waals surface area (Å²) in [6, 6.07) is 9.43. The van der Waals surface area contributed by atoms with Gasteiger partial charge in [0.05, 0.1) is 6.61 Å². The molecule has 0 bridgehead atoms. The highest BCUT2D eigenvalue weighted by atomic mass is 32.7. The van der Waals surface area contributed by atoms with Crippen molar-refractivity contribution in [3.63, 3.8) is 0 Å². The van der Waals surface area contributed by atoms with Gasteiger partial charge in [0.1, 0.15) is 0 Å². The van der Waals surface area contributed by atoms with Crippen LogP contribution in [-0.4, -0.2) is 6.61 Å². The normalized spacial score (nSPS) is 13.5. The molecule has 0 aromatic heterocycles. The van der Waals surface area contributed by atoms with E-state index >= 15 is 0 Å². The van der Waals surface area contributed by atoms with Crippen LogP contribution in [0.1, 0.15) is 26.3 Å². The third-order valence-corrected chi connectivity index (χ3v) is 4.52.